The van der Waals surface area contributed by atoms with Gasteiger partial charge in [-0.05, 0) is 38.0 Å². The SMILES string of the molecule is COc1ccccc1CNC(=O)C1CCN(C(=O)COc2ccc(C)cc2)CC1. The van der Waals surface area contributed by atoms with Gasteiger partial charge in [-0.15, -0.1) is 0 Å². The molecule has 1 fully saturated rings. The van der Waals surface area contributed by atoms with Crippen LogP contribution >= 0.6 is 0 Å². The molecule has 0 aliphatic carbocycles. The molecule has 0 aromatic heterocycles. The number of methoxy groups -OCH3 is 1. The van der Waals surface area contributed by atoms with Gasteiger partial charge >= 0.3 is 0 Å². The van der Waals surface area contributed by atoms with E-state index in [1.54, 1.807) is 12.0 Å². The number of likely N-dealkylation sites (tertiary alicyclic amines) is 1. The summed E-state index contributed by atoms with van der Waals surface area (Å²) in [4.78, 5) is 26.7. The van der Waals surface area contributed by atoms with Crippen molar-refractivity contribution in [1.82, 2.24) is 10.2 Å². The number of aryl methyl sites for hydroxylation is 1. The quantitative estimate of drug-likeness (QED) is 0.781. The molecule has 6 heteroatoms. The van der Waals surface area contributed by atoms with Crippen molar-refractivity contribution in [2.24, 2.45) is 5.92 Å². The number of carbonyl (C=O) groups is 2. The fourth-order valence-electron chi connectivity index (χ4n) is 3.44. The fourth-order valence-corrected chi connectivity index (χ4v) is 3.44. The summed E-state index contributed by atoms with van der Waals surface area (Å²) >= 11 is 0. The van der Waals surface area contributed by atoms with Gasteiger partial charge in [0.05, 0.1) is 7.11 Å². The van der Waals surface area contributed by atoms with E-state index < -0.39 is 0 Å². The van der Waals surface area contributed by atoms with Crippen LogP contribution in [0.5, 0.6) is 11.5 Å². The van der Waals surface area contributed by atoms with Gasteiger partial charge in [0.2, 0.25) is 5.91 Å². The molecular weight excluding hydrogens is 368 g/mol. The smallest absolute Gasteiger partial charge is 0.260 e. The maximum Gasteiger partial charge on any atom is 0.260 e. The van der Waals surface area contributed by atoms with Crippen molar-refractivity contribution < 1.29 is 19.1 Å². The average molecular weight is 396 g/mol. The molecule has 1 aliphatic rings. The number of carbonyl (C=O) groups excluding carboxylic acids is 2. The highest BCUT2D eigenvalue weighted by atomic mass is 16.5. The molecule has 0 saturated carbocycles. The van der Waals surface area contributed by atoms with Crippen LogP contribution in [0.3, 0.4) is 0 Å². The molecule has 1 heterocycles. The van der Waals surface area contributed by atoms with Crippen molar-refractivity contribution in [1.29, 1.82) is 0 Å². The first-order chi connectivity index (χ1) is 14.1. The monoisotopic (exact) mass is 396 g/mol. The third-order valence-corrected chi connectivity index (χ3v) is 5.25. The maximum absolute atomic E-state index is 12.5. The summed E-state index contributed by atoms with van der Waals surface area (Å²) in [7, 11) is 1.62. The molecule has 154 valence electrons. The van der Waals surface area contributed by atoms with E-state index in [-0.39, 0.29) is 24.3 Å². The van der Waals surface area contributed by atoms with Crippen LogP contribution in [0.2, 0.25) is 0 Å². The second-order valence-electron chi connectivity index (χ2n) is 7.29. The van der Waals surface area contributed by atoms with E-state index in [0.717, 1.165) is 16.9 Å². The van der Waals surface area contributed by atoms with E-state index in [2.05, 4.69) is 5.32 Å². The van der Waals surface area contributed by atoms with Crippen molar-refractivity contribution in [2.45, 2.75) is 26.3 Å². The van der Waals surface area contributed by atoms with Gasteiger partial charge in [-0.3, -0.25) is 9.59 Å². The molecule has 1 aliphatic heterocycles. The number of ether oxygens (including phenoxy) is 2. The lowest BCUT2D eigenvalue weighted by Crippen LogP contribution is -2.44. The van der Waals surface area contributed by atoms with E-state index >= 15 is 0 Å². The lowest BCUT2D eigenvalue weighted by molar-refractivity contribution is -0.137. The summed E-state index contributed by atoms with van der Waals surface area (Å²) in [6.45, 7) is 3.61. The van der Waals surface area contributed by atoms with Crippen LogP contribution in [0.15, 0.2) is 48.5 Å². The second-order valence-corrected chi connectivity index (χ2v) is 7.29. The number of benzene rings is 2. The highest BCUT2D eigenvalue weighted by Crippen LogP contribution is 2.20. The number of para-hydroxylation sites is 1. The van der Waals surface area contributed by atoms with Crippen LogP contribution < -0.4 is 14.8 Å². The number of nitrogens with one attached hydrogen (secondary N) is 1. The molecule has 0 bridgehead atoms. The zero-order valence-electron chi connectivity index (χ0n) is 17.0. The molecule has 0 unspecified atom stereocenters. The molecule has 2 aromatic carbocycles. The third-order valence-electron chi connectivity index (χ3n) is 5.25. The predicted molar refractivity (Wildman–Crippen MR) is 111 cm³/mol. The summed E-state index contributed by atoms with van der Waals surface area (Å²) < 4.78 is 10.9. The summed E-state index contributed by atoms with van der Waals surface area (Å²) in [5.41, 5.74) is 2.10. The van der Waals surface area contributed by atoms with E-state index in [0.29, 0.717) is 38.2 Å². The Kier molecular flexibility index (Phi) is 7.11. The standard InChI is InChI=1S/C23H28N2O4/c1-17-7-9-20(10-8-17)29-16-22(26)25-13-11-18(12-14-25)23(27)24-15-19-5-3-4-6-21(19)28-2/h3-10,18H,11-16H2,1-2H3,(H,24,27). The fraction of sp³-hybridized carbons (Fsp3) is 0.391. The number of rotatable bonds is 7. The minimum atomic E-state index is -0.0771. The molecule has 6 nitrogen and oxygen atoms in total. The molecular formula is C23H28N2O4. The van der Waals surface area contributed by atoms with Gasteiger partial charge < -0.3 is 19.7 Å². The van der Waals surface area contributed by atoms with Crippen molar-refractivity contribution >= 4 is 11.8 Å². The predicted octanol–water partition coefficient (Wildman–Crippen LogP) is 2.94. The first kappa shape index (κ1) is 20.7. The molecule has 2 aromatic rings. The Balaban J connectivity index is 1.41. The van der Waals surface area contributed by atoms with E-state index in [4.69, 9.17) is 9.47 Å². The molecule has 0 spiro atoms. The van der Waals surface area contributed by atoms with E-state index in [9.17, 15) is 9.59 Å². The summed E-state index contributed by atoms with van der Waals surface area (Å²) in [5.74, 6) is 1.36. The Morgan fingerprint density at radius 3 is 2.45 bits per heavy atom. The summed E-state index contributed by atoms with van der Waals surface area (Å²) in [5, 5.41) is 2.99. The van der Waals surface area contributed by atoms with Gasteiger partial charge in [0, 0.05) is 31.1 Å². The topological polar surface area (TPSA) is 67.9 Å². The van der Waals surface area contributed by atoms with Crippen LogP contribution in [-0.4, -0.2) is 43.5 Å². The van der Waals surface area contributed by atoms with Gasteiger partial charge in [-0.25, -0.2) is 0 Å². The maximum atomic E-state index is 12.5. The van der Waals surface area contributed by atoms with Gasteiger partial charge in [0.25, 0.3) is 5.91 Å². The van der Waals surface area contributed by atoms with Crippen LogP contribution in [0.4, 0.5) is 0 Å². The van der Waals surface area contributed by atoms with Crippen LogP contribution in [0.25, 0.3) is 0 Å². The minimum absolute atomic E-state index is 0.0216. The minimum Gasteiger partial charge on any atom is -0.496 e. The van der Waals surface area contributed by atoms with Crippen molar-refractivity contribution in [3.8, 4) is 11.5 Å². The van der Waals surface area contributed by atoms with Crippen molar-refractivity contribution in [3.63, 3.8) is 0 Å². The molecule has 1 N–H and O–H groups in total. The van der Waals surface area contributed by atoms with Gasteiger partial charge in [-0.1, -0.05) is 35.9 Å². The van der Waals surface area contributed by atoms with Gasteiger partial charge in [-0.2, -0.15) is 0 Å². The first-order valence-electron chi connectivity index (χ1n) is 9.93. The molecule has 2 amide bonds. The number of hydrogen-bond acceptors (Lipinski definition) is 4. The molecule has 29 heavy (non-hydrogen) atoms. The zero-order valence-corrected chi connectivity index (χ0v) is 17.0. The molecule has 3 rings (SSSR count). The molecule has 1 saturated heterocycles. The van der Waals surface area contributed by atoms with Crippen LogP contribution in [-0.2, 0) is 16.1 Å². The summed E-state index contributed by atoms with van der Waals surface area (Å²) in [6.07, 6.45) is 1.32. The first-order valence-corrected chi connectivity index (χ1v) is 9.93. The van der Waals surface area contributed by atoms with E-state index in [1.807, 2.05) is 55.5 Å². The van der Waals surface area contributed by atoms with Gasteiger partial charge in [0.1, 0.15) is 11.5 Å². The Morgan fingerprint density at radius 2 is 1.76 bits per heavy atom. The van der Waals surface area contributed by atoms with E-state index in [1.165, 1.54) is 0 Å². The number of amides is 2. The highest BCUT2D eigenvalue weighted by molar-refractivity contribution is 5.80. The number of piperidine rings is 1. The Bertz CT molecular complexity index is 827. The van der Waals surface area contributed by atoms with Gasteiger partial charge in [0.15, 0.2) is 6.61 Å². The number of nitrogens with zero attached hydrogens (tertiary/aromatic N) is 1. The Hall–Kier alpha value is -3.02. The van der Waals surface area contributed by atoms with Crippen LogP contribution in [0.1, 0.15) is 24.0 Å². The second kappa shape index (κ2) is 9.96. The third kappa shape index (κ3) is 5.73. The van der Waals surface area contributed by atoms with Crippen LogP contribution in [0, 0.1) is 12.8 Å². The average Bonchev–Trinajstić information content (AvgIpc) is 2.77. The molecule has 0 radical (unpaired) electrons. The lowest BCUT2D eigenvalue weighted by Gasteiger charge is -2.31. The van der Waals surface area contributed by atoms with Crippen molar-refractivity contribution in [2.75, 3.05) is 26.8 Å². The normalized spacial score (nSPS) is 14.3. The molecule has 0 atom stereocenters. The summed E-state index contributed by atoms with van der Waals surface area (Å²) in [6, 6.07) is 15.3. The van der Waals surface area contributed by atoms with Crippen molar-refractivity contribution in [3.05, 3.63) is 59.7 Å². The largest absolute Gasteiger partial charge is 0.496 e. The Morgan fingerprint density at radius 1 is 1.07 bits per heavy atom. The highest BCUT2D eigenvalue weighted by Gasteiger charge is 2.27. The zero-order chi connectivity index (χ0) is 20.6. The number of hydrogen-bond donors (Lipinski definition) is 1. The lowest BCUT2D eigenvalue weighted by atomic mass is 9.95. The Labute approximate surface area is 171 Å².